The first kappa shape index (κ1) is 12.3. The van der Waals surface area contributed by atoms with Crippen LogP contribution >= 0.6 is 0 Å². The third-order valence-corrected chi connectivity index (χ3v) is 2.10. The van der Waals surface area contributed by atoms with E-state index in [1.54, 1.807) is 6.20 Å². The average Bonchev–Trinajstić information content (AvgIpc) is 2.28. The normalized spacial score (nSPS) is 11.1. The molecule has 3 nitrogen and oxygen atoms in total. The minimum atomic E-state index is -0.280. The molecule has 0 amide bonds. The molecule has 1 aromatic carbocycles. The van der Waals surface area contributed by atoms with Crippen LogP contribution in [-0.4, -0.2) is 32.1 Å². The molecule has 86 valence electrons. The summed E-state index contributed by atoms with van der Waals surface area (Å²) in [4.78, 5) is 13.4. The predicted molar refractivity (Wildman–Crippen MR) is 63.9 cm³/mol. The van der Waals surface area contributed by atoms with E-state index in [0.29, 0.717) is 12.0 Å². The lowest BCUT2D eigenvalue weighted by molar-refractivity contribution is -0.136. The molecule has 16 heavy (non-hydrogen) atoms. The van der Waals surface area contributed by atoms with Crippen LogP contribution in [0.5, 0.6) is 0 Å². The second kappa shape index (κ2) is 5.95. The number of carbonyl (C=O) groups is 1. The maximum atomic E-state index is 11.5. The zero-order chi connectivity index (χ0) is 12.0. The molecule has 0 spiro atoms. The Kier molecular flexibility index (Phi) is 4.58. The minimum Gasteiger partial charge on any atom is -0.466 e. The molecule has 3 heteroatoms. The molecular formula is C13H17NO2. The van der Waals surface area contributed by atoms with Crippen molar-refractivity contribution < 1.29 is 9.53 Å². The Morgan fingerprint density at radius 3 is 2.44 bits per heavy atom. The van der Waals surface area contributed by atoms with E-state index in [0.717, 1.165) is 5.56 Å². The lowest BCUT2D eigenvalue weighted by Gasteiger charge is -2.10. The highest BCUT2D eigenvalue weighted by molar-refractivity contribution is 5.88. The Hall–Kier alpha value is -1.77. The van der Waals surface area contributed by atoms with Crippen molar-refractivity contribution in [2.24, 2.45) is 0 Å². The van der Waals surface area contributed by atoms with Crippen LogP contribution in [0, 0.1) is 0 Å². The van der Waals surface area contributed by atoms with Gasteiger partial charge in [-0.05, 0) is 5.56 Å². The van der Waals surface area contributed by atoms with Gasteiger partial charge in [0.05, 0.1) is 12.7 Å². The van der Waals surface area contributed by atoms with Gasteiger partial charge in [-0.3, -0.25) is 0 Å². The summed E-state index contributed by atoms with van der Waals surface area (Å²) in [6.45, 7) is 0. The van der Waals surface area contributed by atoms with E-state index in [9.17, 15) is 4.79 Å². The van der Waals surface area contributed by atoms with Gasteiger partial charge in [-0.2, -0.15) is 0 Å². The smallest absolute Gasteiger partial charge is 0.335 e. The Bertz CT molecular complexity index is 369. The summed E-state index contributed by atoms with van der Waals surface area (Å²) >= 11 is 0. The summed E-state index contributed by atoms with van der Waals surface area (Å²) < 4.78 is 4.75. The Labute approximate surface area is 96.3 Å². The number of ether oxygens (including phenoxy) is 1. The average molecular weight is 219 g/mol. The summed E-state index contributed by atoms with van der Waals surface area (Å²) in [7, 11) is 5.17. The molecule has 0 heterocycles. The summed E-state index contributed by atoms with van der Waals surface area (Å²) in [6.07, 6.45) is 2.38. The summed E-state index contributed by atoms with van der Waals surface area (Å²) in [5.41, 5.74) is 1.75. The number of benzene rings is 1. The van der Waals surface area contributed by atoms with Gasteiger partial charge in [0.15, 0.2) is 0 Å². The van der Waals surface area contributed by atoms with E-state index in [2.05, 4.69) is 0 Å². The quantitative estimate of drug-likeness (QED) is 0.571. The Balaban J connectivity index is 2.84. The van der Waals surface area contributed by atoms with Crippen molar-refractivity contribution >= 4 is 5.97 Å². The van der Waals surface area contributed by atoms with Gasteiger partial charge in [-0.15, -0.1) is 0 Å². The van der Waals surface area contributed by atoms with E-state index in [-0.39, 0.29) is 5.97 Å². The molecule has 0 N–H and O–H groups in total. The SMILES string of the molecule is COC(=O)/C(=C/N(C)C)Cc1ccccc1. The largest absolute Gasteiger partial charge is 0.466 e. The van der Waals surface area contributed by atoms with Gasteiger partial charge in [0, 0.05) is 26.7 Å². The van der Waals surface area contributed by atoms with E-state index in [1.807, 2.05) is 49.3 Å². The van der Waals surface area contributed by atoms with Gasteiger partial charge < -0.3 is 9.64 Å². The summed E-state index contributed by atoms with van der Waals surface area (Å²) in [5.74, 6) is -0.280. The molecule has 1 rings (SSSR count). The number of hydrogen-bond donors (Lipinski definition) is 0. The van der Waals surface area contributed by atoms with Crippen molar-refractivity contribution in [3.63, 3.8) is 0 Å². The van der Waals surface area contributed by atoms with Crippen LogP contribution in [0.2, 0.25) is 0 Å². The highest BCUT2D eigenvalue weighted by atomic mass is 16.5. The molecule has 0 aliphatic heterocycles. The van der Waals surface area contributed by atoms with Gasteiger partial charge in [-0.1, -0.05) is 30.3 Å². The Morgan fingerprint density at radius 2 is 1.94 bits per heavy atom. The molecule has 0 atom stereocenters. The molecule has 0 aliphatic rings. The predicted octanol–water partition coefficient (Wildman–Crippen LogP) is 1.85. The first-order chi connectivity index (χ1) is 7.63. The number of carbonyl (C=O) groups excluding carboxylic acids is 1. The molecule has 0 radical (unpaired) electrons. The molecule has 0 saturated heterocycles. The van der Waals surface area contributed by atoms with Gasteiger partial charge in [0.1, 0.15) is 0 Å². The Morgan fingerprint density at radius 1 is 1.31 bits per heavy atom. The van der Waals surface area contributed by atoms with Crippen molar-refractivity contribution in [2.75, 3.05) is 21.2 Å². The van der Waals surface area contributed by atoms with Crippen molar-refractivity contribution in [2.45, 2.75) is 6.42 Å². The molecule has 0 unspecified atom stereocenters. The van der Waals surface area contributed by atoms with Gasteiger partial charge in [0.25, 0.3) is 0 Å². The fourth-order valence-electron chi connectivity index (χ4n) is 1.43. The maximum absolute atomic E-state index is 11.5. The van der Waals surface area contributed by atoms with E-state index in [1.165, 1.54) is 7.11 Å². The monoisotopic (exact) mass is 219 g/mol. The van der Waals surface area contributed by atoms with Gasteiger partial charge in [-0.25, -0.2) is 4.79 Å². The summed E-state index contributed by atoms with van der Waals surface area (Å²) in [6, 6.07) is 9.86. The molecule has 0 fully saturated rings. The molecule has 0 bridgehead atoms. The topological polar surface area (TPSA) is 29.5 Å². The fourth-order valence-corrected chi connectivity index (χ4v) is 1.43. The zero-order valence-corrected chi connectivity index (χ0v) is 9.93. The van der Waals surface area contributed by atoms with Crippen molar-refractivity contribution in [3.8, 4) is 0 Å². The van der Waals surface area contributed by atoms with Crippen LogP contribution in [0.3, 0.4) is 0 Å². The number of esters is 1. The molecule has 1 aromatic rings. The molecule has 0 saturated carbocycles. The second-order valence-corrected chi connectivity index (χ2v) is 3.77. The fraction of sp³-hybridized carbons (Fsp3) is 0.308. The maximum Gasteiger partial charge on any atom is 0.335 e. The van der Waals surface area contributed by atoms with E-state index >= 15 is 0 Å². The second-order valence-electron chi connectivity index (χ2n) is 3.77. The third-order valence-electron chi connectivity index (χ3n) is 2.10. The standard InChI is InChI=1S/C13H17NO2/c1-14(2)10-12(13(15)16-3)9-11-7-5-4-6-8-11/h4-8,10H,9H2,1-3H3/b12-10+. The van der Waals surface area contributed by atoms with Crippen molar-refractivity contribution in [1.29, 1.82) is 0 Å². The molecule has 0 aromatic heterocycles. The first-order valence-corrected chi connectivity index (χ1v) is 5.13. The van der Waals surface area contributed by atoms with Crippen LogP contribution in [0.15, 0.2) is 42.1 Å². The van der Waals surface area contributed by atoms with Crippen LogP contribution in [0.4, 0.5) is 0 Å². The number of rotatable bonds is 4. The highest BCUT2D eigenvalue weighted by Gasteiger charge is 2.10. The van der Waals surface area contributed by atoms with Crippen LogP contribution < -0.4 is 0 Å². The number of methoxy groups -OCH3 is 1. The van der Waals surface area contributed by atoms with Crippen LogP contribution in [0.25, 0.3) is 0 Å². The first-order valence-electron chi connectivity index (χ1n) is 5.13. The van der Waals surface area contributed by atoms with Gasteiger partial charge in [0.2, 0.25) is 0 Å². The van der Waals surface area contributed by atoms with E-state index in [4.69, 9.17) is 4.74 Å². The zero-order valence-electron chi connectivity index (χ0n) is 9.93. The number of nitrogens with zero attached hydrogens (tertiary/aromatic N) is 1. The van der Waals surface area contributed by atoms with Crippen molar-refractivity contribution in [1.82, 2.24) is 4.90 Å². The van der Waals surface area contributed by atoms with Crippen molar-refractivity contribution in [3.05, 3.63) is 47.7 Å². The number of hydrogen-bond acceptors (Lipinski definition) is 3. The molecule has 0 aliphatic carbocycles. The van der Waals surface area contributed by atoms with Crippen LogP contribution in [-0.2, 0) is 16.0 Å². The highest BCUT2D eigenvalue weighted by Crippen LogP contribution is 2.09. The third kappa shape index (κ3) is 3.77. The molecular weight excluding hydrogens is 202 g/mol. The van der Waals surface area contributed by atoms with Gasteiger partial charge >= 0.3 is 5.97 Å². The lowest BCUT2D eigenvalue weighted by atomic mass is 10.1. The summed E-state index contributed by atoms with van der Waals surface area (Å²) in [5, 5.41) is 0. The lowest BCUT2D eigenvalue weighted by Crippen LogP contribution is -2.12. The minimum absolute atomic E-state index is 0.280. The van der Waals surface area contributed by atoms with Crippen LogP contribution in [0.1, 0.15) is 5.56 Å². The van der Waals surface area contributed by atoms with E-state index < -0.39 is 0 Å².